The summed E-state index contributed by atoms with van der Waals surface area (Å²) in [5.41, 5.74) is 5.52. The molecule has 2 heterocycles. The van der Waals surface area contributed by atoms with Crippen molar-refractivity contribution in [1.29, 1.82) is 0 Å². The van der Waals surface area contributed by atoms with Crippen LogP contribution in [-0.4, -0.2) is 38.7 Å². The molecule has 1 fully saturated rings. The van der Waals surface area contributed by atoms with Crippen LogP contribution in [0.3, 0.4) is 0 Å². The second-order valence-electron chi connectivity index (χ2n) is 8.59. The molecule has 1 aromatic heterocycles. The van der Waals surface area contributed by atoms with Gasteiger partial charge in [0.1, 0.15) is 0 Å². The minimum absolute atomic E-state index is 0. The summed E-state index contributed by atoms with van der Waals surface area (Å²) in [5, 5.41) is 2.83. The SMILES string of the molecule is Cc1ncc(N(C2CCOCC2)S(=O)(=O)[N-]C(=O)Nc2c3c(cc4c2CCC4)CCC3)o1.[Na+]. The van der Waals surface area contributed by atoms with E-state index in [1.807, 2.05) is 0 Å². The minimum atomic E-state index is -4.35. The number of ether oxygens (including phenoxy) is 1. The van der Waals surface area contributed by atoms with Gasteiger partial charge in [0.2, 0.25) is 5.88 Å². The summed E-state index contributed by atoms with van der Waals surface area (Å²) in [6.45, 7) is 2.50. The first-order chi connectivity index (χ1) is 15.4. The average molecular weight is 483 g/mol. The van der Waals surface area contributed by atoms with Gasteiger partial charge in [-0.2, -0.15) is 0 Å². The van der Waals surface area contributed by atoms with Crippen LogP contribution in [0, 0.1) is 6.92 Å². The third-order valence-corrected chi connectivity index (χ3v) is 7.87. The van der Waals surface area contributed by atoms with E-state index in [1.165, 1.54) is 17.3 Å². The van der Waals surface area contributed by atoms with Crippen molar-refractivity contribution in [2.75, 3.05) is 22.8 Å². The Morgan fingerprint density at radius 2 is 1.76 bits per heavy atom. The molecule has 1 aliphatic heterocycles. The van der Waals surface area contributed by atoms with Crippen molar-refractivity contribution in [3.8, 4) is 0 Å². The Kier molecular flexibility index (Phi) is 7.40. The summed E-state index contributed by atoms with van der Waals surface area (Å²) in [4.78, 5) is 16.9. The predicted molar refractivity (Wildman–Crippen MR) is 119 cm³/mol. The zero-order valence-electron chi connectivity index (χ0n) is 19.1. The first-order valence-electron chi connectivity index (χ1n) is 11.2. The molecule has 2 aliphatic carbocycles. The van der Waals surface area contributed by atoms with Crippen LogP contribution in [0.5, 0.6) is 0 Å². The van der Waals surface area contributed by atoms with Crippen LogP contribution >= 0.6 is 0 Å². The van der Waals surface area contributed by atoms with Crippen molar-refractivity contribution in [2.24, 2.45) is 0 Å². The number of aromatic nitrogens is 1. The molecular formula is C22H27N4NaO5S. The normalized spacial score (nSPS) is 17.7. The molecule has 0 saturated carbocycles. The third kappa shape index (κ3) is 4.95. The van der Waals surface area contributed by atoms with E-state index in [-0.39, 0.29) is 35.4 Å². The molecule has 172 valence electrons. The number of nitrogens with one attached hydrogen (secondary N) is 1. The fourth-order valence-corrected chi connectivity index (χ4v) is 6.34. The Hall–Kier alpha value is -1.59. The molecule has 1 N–H and O–H groups in total. The number of benzene rings is 1. The van der Waals surface area contributed by atoms with Gasteiger partial charge in [-0.05, 0) is 79.3 Å². The number of anilines is 2. The van der Waals surface area contributed by atoms with Gasteiger partial charge in [-0.3, -0.25) is 4.79 Å². The third-order valence-electron chi connectivity index (χ3n) is 6.50. The van der Waals surface area contributed by atoms with Gasteiger partial charge >= 0.3 is 29.6 Å². The number of hydrogen-bond acceptors (Lipinski definition) is 6. The van der Waals surface area contributed by atoms with Crippen LogP contribution in [0.2, 0.25) is 0 Å². The Labute approximate surface area is 216 Å². The van der Waals surface area contributed by atoms with Crippen LogP contribution in [0.4, 0.5) is 16.4 Å². The van der Waals surface area contributed by atoms with Gasteiger partial charge < -0.3 is 19.2 Å². The molecule has 33 heavy (non-hydrogen) atoms. The number of aryl methyl sites for hydroxylation is 3. The molecule has 9 nitrogen and oxygen atoms in total. The Bertz CT molecular complexity index is 1110. The number of fused-ring (bicyclic) bond motifs is 2. The largest absolute Gasteiger partial charge is 1.00 e. The zero-order valence-corrected chi connectivity index (χ0v) is 21.9. The van der Waals surface area contributed by atoms with Crippen molar-refractivity contribution in [3.63, 3.8) is 0 Å². The number of carbonyl (C=O) groups excluding carboxylic acids is 1. The molecule has 11 heteroatoms. The second kappa shape index (κ2) is 9.95. The summed E-state index contributed by atoms with van der Waals surface area (Å²) in [6.07, 6.45) is 8.15. The Morgan fingerprint density at radius 3 is 2.33 bits per heavy atom. The minimum Gasteiger partial charge on any atom is -0.424 e. The summed E-state index contributed by atoms with van der Waals surface area (Å²) >= 11 is 0. The fourth-order valence-electron chi connectivity index (χ4n) is 5.10. The molecule has 2 aromatic rings. The molecule has 0 spiro atoms. The van der Waals surface area contributed by atoms with Crippen molar-refractivity contribution in [2.45, 2.75) is 64.3 Å². The van der Waals surface area contributed by atoms with Gasteiger partial charge in [0.25, 0.3) is 10.2 Å². The standard InChI is InChI=1S/C22H28N4O5S.Na/c1-14-23-13-20(31-14)26(17-8-10-30-11-9-17)32(28,29)25-22(27)24-21-18-6-2-4-15(18)12-16-5-3-7-19(16)21;/h12-13,17H,2-11H2,1H3,(H2,24,25,27);/q;+1/p-1. The maximum Gasteiger partial charge on any atom is 1.00 e. The molecule has 1 aromatic carbocycles. The van der Waals surface area contributed by atoms with Crippen molar-refractivity contribution in [1.82, 2.24) is 4.98 Å². The van der Waals surface area contributed by atoms with E-state index in [9.17, 15) is 13.2 Å². The van der Waals surface area contributed by atoms with Crippen LogP contribution in [0.1, 0.15) is 53.8 Å². The summed E-state index contributed by atoms with van der Waals surface area (Å²) in [7, 11) is -4.35. The van der Waals surface area contributed by atoms with Crippen LogP contribution in [0.25, 0.3) is 4.72 Å². The molecule has 0 atom stereocenters. The van der Waals surface area contributed by atoms with Crippen molar-refractivity contribution >= 4 is 27.8 Å². The molecule has 5 rings (SSSR count). The van der Waals surface area contributed by atoms with E-state index in [2.05, 4.69) is 21.1 Å². The van der Waals surface area contributed by atoms with Crippen molar-refractivity contribution in [3.05, 3.63) is 45.1 Å². The van der Waals surface area contributed by atoms with E-state index in [0.717, 1.165) is 59.6 Å². The number of hydrogen-bond donors (Lipinski definition) is 1. The van der Waals surface area contributed by atoms with Crippen LogP contribution in [0.15, 0.2) is 16.7 Å². The molecule has 0 unspecified atom stereocenters. The average Bonchev–Trinajstić information content (AvgIpc) is 3.49. The second-order valence-corrected chi connectivity index (χ2v) is 10.1. The number of carbonyl (C=O) groups is 1. The van der Waals surface area contributed by atoms with Crippen LogP contribution in [-0.2, 0) is 40.6 Å². The number of nitrogens with zero attached hydrogens (tertiary/aromatic N) is 3. The number of rotatable bonds is 5. The number of urea groups is 1. The van der Waals surface area contributed by atoms with Gasteiger partial charge in [0.05, 0.1) is 12.2 Å². The topological polar surface area (TPSA) is 116 Å². The molecule has 0 bridgehead atoms. The number of oxazole rings is 1. The van der Waals surface area contributed by atoms with Crippen molar-refractivity contribution < 1.29 is 51.9 Å². The first-order valence-corrected chi connectivity index (χ1v) is 12.6. The molecular weight excluding hydrogens is 455 g/mol. The predicted octanol–water partition coefficient (Wildman–Crippen LogP) is 0.800. The van der Waals surface area contributed by atoms with E-state index in [1.54, 1.807) is 6.92 Å². The molecule has 2 amide bonds. The summed E-state index contributed by atoms with van der Waals surface area (Å²) in [6, 6.07) is 0.962. The fraction of sp³-hybridized carbons (Fsp3) is 0.545. The van der Waals surface area contributed by atoms with Gasteiger partial charge in [-0.1, -0.05) is 6.07 Å². The molecule has 0 radical (unpaired) electrons. The van der Waals surface area contributed by atoms with Gasteiger partial charge in [-0.25, -0.2) is 17.7 Å². The monoisotopic (exact) mass is 482 g/mol. The quantitative estimate of drug-likeness (QED) is 0.631. The zero-order chi connectivity index (χ0) is 22.3. The van der Waals surface area contributed by atoms with Gasteiger partial charge in [0.15, 0.2) is 11.9 Å². The summed E-state index contributed by atoms with van der Waals surface area (Å²) in [5.74, 6) is 0.402. The maximum atomic E-state index is 13.3. The summed E-state index contributed by atoms with van der Waals surface area (Å²) < 4.78 is 42.2. The van der Waals surface area contributed by atoms with E-state index in [4.69, 9.17) is 9.15 Å². The smallest absolute Gasteiger partial charge is 0.424 e. The molecule has 1 saturated heterocycles. The van der Waals surface area contributed by atoms with Gasteiger partial charge in [0, 0.05) is 20.1 Å². The number of amides is 2. The Morgan fingerprint density at radius 1 is 1.12 bits per heavy atom. The van der Waals surface area contributed by atoms with E-state index in [0.29, 0.717) is 31.9 Å². The first kappa shape index (κ1) is 24.5. The molecule has 3 aliphatic rings. The maximum absolute atomic E-state index is 13.3. The Balaban J connectivity index is 0.00000259. The van der Waals surface area contributed by atoms with E-state index < -0.39 is 22.3 Å². The van der Waals surface area contributed by atoms with Gasteiger partial charge in [-0.15, -0.1) is 0 Å². The van der Waals surface area contributed by atoms with Crippen LogP contribution < -0.4 is 39.2 Å². The van der Waals surface area contributed by atoms with E-state index >= 15 is 0 Å².